The van der Waals surface area contributed by atoms with E-state index in [9.17, 15) is 52.7 Å². The van der Waals surface area contributed by atoms with Crippen LogP contribution in [0.2, 0.25) is 0 Å². The van der Waals surface area contributed by atoms with Crippen LogP contribution >= 0.6 is 0 Å². The van der Waals surface area contributed by atoms with Crippen molar-refractivity contribution in [2.45, 2.75) is 42.8 Å². The molecule has 0 saturated heterocycles. The Morgan fingerprint density at radius 1 is 0.854 bits per heavy atom. The van der Waals surface area contributed by atoms with Crippen molar-refractivity contribution in [3.63, 3.8) is 0 Å². The first-order valence-corrected chi connectivity index (χ1v) is 15.2. The molecule has 2 heterocycles. The van der Waals surface area contributed by atoms with Gasteiger partial charge in [0, 0.05) is 17.8 Å². The number of rotatable bonds is 9. The number of hydrogen-bond donors (Lipinski definition) is 4. The highest BCUT2D eigenvalue weighted by atomic mass is 32.2. The minimum absolute atomic E-state index is 0.000886. The minimum Gasteiger partial charge on any atom is -0.359 e. The molecule has 4 aromatic rings. The average Bonchev–Trinajstić information content (AvgIpc) is 3.81. The summed E-state index contributed by atoms with van der Waals surface area (Å²) in [5.74, 6) is -1.95. The molecule has 1 fully saturated rings. The van der Waals surface area contributed by atoms with Gasteiger partial charge in [-0.05, 0) is 60.9 Å². The smallest absolute Gasteiger partial charge is 0.359 e. The molecule has 1 aliphatic carbocycles. The summed E-state index contributed by atoms with van der Waals surface area (Å²) in [7, 11) is -4.53. The molecule has 5 N–H and O–H groups in total. The summed E-state index contributed by atoms with van der Waals surface area (Å²) in [5.41, 5.74) is -3.46. The van der Waals surface area contributed by atoms with Gasteiger partial charge in [0.1, 0.15) is 17.5 Å². The molecule has 48 heavy (non-hydrogen) atoms. The van der Waals surface area contributed by atoms with Gasteiger partial charge in [0.05, 0.1) is 21.7 Å². The number of aromatic nitrogens is 3. The normalized spacial score (nSPS) is 14.9. The molecule has 0 aliphatic heterocycles. The third-order valence-corrected chi connectivity index (χ3v) is 8.13. The lowest BCUT2D eigenvalue weighted by molar-refractivity contribution is -0.189. The van der Waals surface area contributed by atoms with Gasteiger partial charge in [-0.15, -0.1) is 0 Å². The topological polar surface area (TPSA) is 152 Å². The molecule has 0 radical (unpaired) electrons. The molecule has 0 spiro atoms. The average molecular weight is 708 g/mol. The molecule has 0 atom stereocenters. The zero-order chi connectivity index (χ0) is 35.3. The van der Waals surface area contributed by atoms with Gasteiger partial charge >= 0.3 is 18.5 Å². The summed E-state index contributed by atoms with van der Waals surface area (Å²) in [6, 6.07) is 10.2. The lowest BCUT2D eigenvalue weighted by Gasteiger charge is -2.18. The number of carbonyl (C=O) groups excluding carboxylic acids is 1. The number of sulfonamides is 1. The molecular formula is C28H22F9N7O3S. The van der Waals surface area contributed by atoms with E-state index >= 15 is 0 Å². The summed E-state index contributed by atoms with van der Waals surface area (Å²) in [6.07, 6.45) is -15.0. The SMILES string of the molecule is NS(=O)(=O)c1cc(CNc2nc(NCC(F)(F)F)c3nc(-c4ccc(NC(=O)C5(C(F)(F)F)CC5)cc4)ccc3n2)cc(C(F)(F)F)c1. The van der Waals surface area contributed by atoms with Crippen LogP contribution in [-0.4, -0.2) is 48.2 Å². The van der Waals surface area contributed by atoms with Crippen LogP contribution in [0.4, 0.5) is 57.0 Å². The summed E-state index contributed by atoms with van der Waals surface area (Å²) in [6.45, 7) is -2.04. The van der Waals surface area contributed by atoms with Gasteiger partial charge in [0.15, 0.2) is 5.82 Å². The molecule has 1 amide bonds. The molecule has 2 aromatic heterocycles. The van der Waals surface area contributed by atoms with Crippen LogP contribution in [0.15, 0.2) is 59.5 Å². The standard InChI is InChI=1S/C28H22F9N7O3S/c29-26(30,31)13-40-22-21-20(43-24(44-22)39-12-14-9-16(27(32,33)34)11-18(10-14)48(38,46)47)6-5-19(42-21)15-1-3-17(4-2-15)41-23(45)25(7-8-25)28(35,36)37/h1-6,9-11H,7-8,12-13H2,(H,41,45)(H2,38,46,47)(H2,39,40,43,44). The summed E-state index contributed by atoms with van der Waals surface area (Å²) < 4.78 is 143. The van der Waals surface area contributed by atoms with E-state index in [2.05, 4.69) is 30.9 Å². The predicted octanol–water partition coefficient (Wildman–Crippen LogP) is 6.23. The fourth-order valence-corrected chi connectivity index (χ4v) is 5.18. The molecule has 1 aliphatic rings. The van der Waals surface area contributed by atoms with Crippen LogP contribution in [0.25, 0.3) is 22.3 Å². The van der Waals surface area contributed by atoms with Crippen LogP contribution in [-0.2, 0) is 27.5 Å². The zero-order valence-electron chi connectivity index (χ0n) is 24.0. The lowest BCUT2D eigenvalue weighted by Crippen LogP contribution is -2.36. The van der Waals surface area contributed by atoms with Gasteiger partial charge in [-0.3, -0.25) is 4.79 Å². The van der Waals surface area contributed by atoms with Gasteiger partial charge in [-0.2, -0.15) is 44.5 Å². The van der Waals surface area contributed by atoms with Gasteiger partial charge < -0.3 is 16.0 Å². The Morgan fingerprint density at radius 2 is 1.52 bits per heavy atom. The number of primary sulfonamides is 1. The number of benzene rings is 2. The van der Waals surface area contributed by atoms with E-state index in [4.69, 9.17) is 5.14 Å². The predicted molar refractivity (Wildman–Crippen MR) is 154 cm³/mol. The number of pyridine rings is 1. The molecule has 1 saturated carbocycles. The van der Waals surface area contributed by atoms with Crippen molar-refractivity contribution in [1.82, 2.24) is 15.0 Å². The summed E-state index contributed by atoms with van der Waals surface area (Å²) >= 11 is 0. The largest absolute Gasteiger partial charge is 0.416 e. The number of anilines is 3. The first kappa shape index (κ1) is 34.6. The second-order valence-corrected chi connectivity index (χ2v) is 12.4. The second-order valence-electron chi connectivity index (χ2n) is 10.8. The number of nitrogens with two attached hydrogens (primary N) is 1. The van der Waals surface area contributed by atoms with Crippen LogP contribution in [0.3, 0.4) is 0 Å². The van der Waals surface area contributed by atoms with Crippen molar-refractivity contribution >= 4 is 44.4 Å². The zero-order valence-corrected chi connectivity index (χ0v) is 24.8. The molecule has 5 rings (SSSR count). The number of carbonyl (C=O) groups is 1. The molecule has 0 bridgehead atoms. The van der Waals surface area contributed by atoms with Crippen LogP contribution in [0.1, 0.15) is 24.0 Å². The van der Waals surface area contributed by atoms with E-state index in [0.29, 0.717) is 17.7 Å². The number of halogens is 9. The summed E-state index contributed by atoms with van der Waals surface area (Å²) in [4.78, 5) is 23.9. The minimum atomic E-state index is -4.92. The summed E-state index contributed by atoms with van der Waals surface area (Å²) in [5, 5.41) is 11.9. The highest BCUT2D eigenvalue weighted by Crippen LogP contribution is 2.58. The maximum absolute atomic E-state index is 13.4. The van der Waals surface area contributed by atoms with Crippen LogP contribution in [0.5, 0.6) is 0 Å². The highest BCUT2D eigenvalue weighted by molar-refractivity contribution is 7.89. The van der Waals surface area contributed by atoms with Gasteiger partial charge in [0.25, 0.3) is 0 Å². The van der Waals surface area contributed by atoms with E-state index in [-0.39, 0.29) is 46.8 Å². The van der Waals surface area contributed by atoms with E-state index < -0.39 is 69.2 Å². The number of nitrogens with zero attached hydrogens (tertiary/aromatic N) is 3. The molecule has 256 valence electrons. The van der Waals surface area contributed by atoms with Gasteiger partial charge in [0.2, 0.25) is 21.9 Å². The fraction of sp³-hybridized carbons (Fsp3) is 0.286. The Balaban J connectivity index is 1.42. The number of alkyl halides is 9. The molecule has 2 aromatic carbocycles. The van der Waals surface area contributed by atoms with Gasteiger partial charge in [-0.25, -0.2) is 23.5 Å². The van der Waals surface area contributed by atoms with E-state index in [0.717, 1.165) is 6.07 Å². The third-order valence-electron chi connectivity index (χ3n) is 7.24. The Labute approximate surface area is 265 Å². The first-order valence-electron chi connectivity index (χ1n) is 13.6. The van der Waals surface area contributed by atoms with Crippen LogP contribution in [0, 0.1) is 5.41 Å². The lowest BCUT2D eigenvalue weighted by atomic mass is 10.1. The van der Waals surface area contributed by atoms with Crippen molar-refractivity contribution in [1.29, 1.82) is 0 Å². The second kappa shape index (κ2) is 12.1. The maximum atomic E-state index is 13.4. The quantitative estimate of drug-likeness (QED) is 0.150. The van der Waals surface area contributed by atoms with Crippen molar-refractivity contribution in [3.8, 4) is 11.3 Å². The first-order chi connectivity index (χ1) is 22.1. The Bertz CT molecular complexity index is 1980. The van der Waals surface area contributed by atoms with E-state index in [1.54, 1.807) is 0 Å². The number of hydrogen-bond acceptors (Lipinski definition) is 8. The fourth-order valence-electron chi connectivity index (χ4n) is 4.57. The van der Waals surface area contributed by atoms with Crippen molar-refractivity contribution in [2.24, 2.45) is 10.6 Å². The number of amides is 1. The number of nitrogens with one attached hydrogen (secondary N) is 3. The molecule has 20 heteroatoms. The molecule has 10 nitrogen and oxygen atoms in total. The van der Waals surface area contributed by atoms with Crippen molar-refractivity contribution in [2.75, 3.05) is 22.5 Å². The Hall–Kier alpha value is -4.72. The van der Waals surface area contributed by atoms with E-state index in [1.165, 1.54) is 36.4 Å². The monoisotopic (exact) mass is 707 g/mol. The van der Waals surface area contributed by atoms with Crippen molar-refractivity contribution < 1.29 is 52.7 Å². The molecular weight excluding hydrogens is 685 g/mol. The van der Waals surface area contributed by atoms with Gasteiger partial charge in [-0.1, -0.05) is 12.1 Å². The highest BCUT2D eigenvalue weighted by Gasteiger charge is 2.68. The molecule has 0 unspecified atom stereocenters. The Kier molecular flexibility index (Phi) is 8.70. The van der Waals surface area contributed by atoms with Crippen molar-refractivity contribution in [3.05, 3.63) is 65.7 Å². The maximum Gasteiger partial charge on any atom is 0.416 e. The Morgan fingerprint density at radius 3 is 2.08 bits per heavy atom. The number of fused-ring (bicyclic) bond motifs is 1. The third kappa shape index (κ3) is 7.70. The van der Waals surface area contributed by atoms with Crippen LogP contribution < -0.4 is 21.1 Å². The van der Waals surface area contributed by atoms with E-state index in [1.807, 2.05) is 0 Å².